The van der Waals surface area contributed by atoms with Gasteiger partial charge in [0, 0.05) is 27.0 Å². The van der Waals surface area contributed by atoms with Crippen LogP contribution in [0.5, 0.6) is 0 Å². The Kier molecular flexibility index (Phi) is 2.25. The summed E-state index contributed by atoms with van der Waals surface area (Å²) in [4.78, 5) is 4.48. The molecule has 2 aliphatic heterocycles. The van der Waals surface area contributed by atoms with Crippen LogP contribution in [0.3, 0.4) is 0 Å². The molecule has 2 heterocycles. The van der Waals surface area contributed by atoms with E-state index in [1.807, 2.05) is 12.2 Å². The number of nitrogens with zero attached hydrogens (tertiary/aromatic N) is 2. The van der Waals surface area contributed by atoms with E-state index in [9.17, 15) is 0 Å². The molecule has 4 heteroatoms. The second kappa shape index (κ2) is 3.61. The maximum absolute atomic E-state index is 6.02. The summed E-state index contributed by atoms with van der Waals surface area (Å²) >= 11 is -0.173. The Labute approximate surface area is 98.3 Å². The first-order chi connectivity index (χ1) is 7.36. The highest BCUT2D eigenvalue weighted by atomic mass is 127. The Bertz CT molecular complexity index is 480. The van der Waals surface area contributed by atoms with E-state index in [0.29, 0.717) is 0 Å². The van der Waals surface area contributed by atoms with E-state index in [1.165, 1.54) is 5.57 Å². The van der Waals surface area contributed by atoms with Crippen molar-refractivity contribution in [3.8, 4) is 0 Å². The fraction of sp³-hybridized carbons (Fsp3) is 0.182. The highest BCUT2D eigenvalue weighted by Crippen LogP contribution is 2.34. The quantitative estimate of drug-likeness (QED) is 0.686. The van der Waals surface area contributed by atoms with Crippen molar-refractivity contribution >= 4 is 26.7 Å². The van der Waals surface area contributed by atoms with E-state index in [4.69, 9.17) is 5.73 Å². The van der Waals surface area contributed by atoms with Crippen molar-refractivity contribution in [2.24, 2.45) is 19.8 Å². The number of rotatable bonds is 0. The Balaban J connectivity index is 2.18. The minimum Gasteiger partial charge on any atom is -0.309 e. The number of nitrogens with two attached hydrogens (primary N) is 1. The number of hydrogen-bond acceptors (Lipinski definition) is 3. The zero-order valence-corrected chi connectivity index (χ0v) is 10.1. The lowest BCUT2D eigenvalue weighted by atomic mass is 9.87. The molecule has 0 saturated carbocycles. The zero-order chi connectivity index (χ0) is 10.3. The van der Waals surface area contributed by atoms with Crippen LogP contribution in [-0.4, -0.2) is 11.9 Å². The second-order valence-electron chi connectivity index (χ2n) is 3.55. The molecule has 0 aromatic rings. The lowest BCUT2D eigenvalue weighted by Crippen LogP contribution is -2.34. The zero-order valence-electron chi connectivity index (χ0n) is 7.97. The fourth-order valence-electron chi connectivity index (χ4n) is 1.92. The summed E-state index contributed by atoms with van der Waals surface area (Å²) in [7, 11) is 0. The van der Waals surface area contributed by atoms with Gasteiger partial charge in [-0.25, -0.2) is 3.15 Å². The summed E-state index contributed by atoms with van der Waals surface area (Å²) < 4.78 is 6.72. The molecule has 1 aliphatic carbocycles. The van der Waals surface area contributed by atoms with Gasteiger partial charge in [0.25, 0.3) is 0 Å². The molecule has 3 nitrogen and oxygen atoms in total. The topological polar surface area (TPSA) is 50.7 Å². The molecule has 3 aliphatic rings. The van der Waals surface area contributed by atoms with Gasteiger partial charge in [0.15, 0.2) is 0 Å². The number of halogens is 1. The first-order valence-corrected chi connectivity index (χ1v) is 7.00. The summed E-state index contributed by atoms with van der Waals surface area (Å²) in [5.74, 6) is 0.216. The molecule has 2 N–H and O–H groups in total. The summed E-state index contributed by atoms with van der Waals surface area (Å²) in [6.45, 7) is 0. The third-order valence-corrected chi connectivity index (χ3v) is 4.09. The maximum Gasteiger partial charge on any atom is 0.108 e. The summed E-state index contributed by atoms with van der Waals surface area (Å²) in [6, 6.07) is 0. The Morgan fingerprint density at radius 3 is 3.13 bits per heavy atom. The summed E-state index contributed by atoms with van der Waals surface area (Å²) in [5, 5.41) is 0. The van der Waals surface area contributed by atoms with Crippen LogP contribution in [0.1, 0.15) is 0 Å². The van der Waals surface area contributed by atoms with Gasteiger partial charge in [0.05, 0.1) is 11.4 Å². The maximum atomic E-state index is 6.02. The van der Waals surface area contributed by atoms with Gasteiger partial charge in [0.2, 0.25) is 0 Å². The Morgan fingerprint density at radius 1 is 1.27 bits per heavy atom. The molecule has 3 rings (SSSR count). The second-order valence-corrected chi connectivity index (χ2v) is 5.31. The van der Waals surface area contributed by atoms with Crippen molar-refractivity contribution in [2.45, 2.75) is 6.17 Å². The normalized spacial score (nSPS) is 31.9. The van der Waals surface area contributed by atoms with Crippen molar-refractivity contribution in [1.29, 1.82) is 0 Å². The number of allylic oxidation sites excluding steroid dienone is 4. The number of fused-ring (bicyclic) bond motifs is 2. The van der Waals surface area contributed by atoms with Crippen molar-refractivity contribution in [1.82, 2.24) is 0 Å². The monoisotopic (exact) mass is 311 g/mol. The molecule has 2 unspecified atom stereocenters. The first-order valence-electron chi connectivity index (χ1n) is 4.79. The van der Waals surface area contributed by atoms with Crippen LogP contribution >= 0.6 is 21.0 Å². The molecule has 15 heavy (non-hydrogen) atoms. The van der Waals surface area contributed by atoms with Gasteiger partial charge in [-0.05, 0) is 15.7 Å². The van der Waals surface area contributed by atoms with Crippen molar-refractivity contribution in [3.05, 3.63) is 45.7 Å². The standard InChI is InChI=1S/C11H10IN3/c13-11-8-4-2-1-3-7(8)10-9(14-11)5-6-12-15-10/h1-6,8,11H,13H2. The van der Waals surface area contributed by atoms with Crippen LogP contribution in [0.4, 0.5) is 0 Å². The van der Waals surface area contributed by atoms with Crippen LogP contribution in [0.15, 0.2) is 53.9 Å². The molecular weight excluding hydrogens is 301 g/mol. The molecule has 0 saturated heterocycles. The molecule has 2 atom stereocenters. The predicted octanol–water partition coefficient (Wildman–Crippen LogP) is 2.40. The molecule has 0 aromatic carbocycles. The van der Waals surface area contributed by atoms with E-state index in [-0.39, 0.29) is 33.1 Å². The third-order valence-electron chi connectivity index (χ3n) is 2.65. The van der Waals surface area contributed by atoms with E-state index < -0.39 is 0 Å². The third kappa shape index (κ3) is 1.48. The predicted molar refractivity (Wildman–Crippen MR) is 69.8 cm³/mol. The average molecular weight is 311 g/mol. The van der Waals surface area contributed by atoms with Crippen LogP contribution in [-0.2, 0) is 0 Å². The molecule has 0 radical (unpaired) electrons. The number of dihydropyridines is 1. The molecule has 0 aromatic heterocycles. The number of aliphatic imine (C=N–C) groups is 1. The van der Waals surface area contributed by atoms with Crippen molar-refractivity contribution < 1.29 is 0 Å². The molecule has 0 amide bonds. The largest absolute Gasteiger partial charge is 0.309 e. The van der Waals surface area contributed by atoms with Crippen molar-refractivity contribution in [3.63, 3.8) is 0 Å². The highest BCUT2D eigenvalue weighted by molar-refractivity contribution is 14.2. The van der Waals surface area contributed by atoms with Gasteiger partial charge in [-0.15, -0.1) is 0 Å². The minimum atomic E-state index is -0.173. The van der Waals surface area contributed by atoms with Gasteiger partial charge in [-0.1, -0.05) is 24.3 Å². The lowest BCUT2D eigenvalue weighted by Gasteiger charge is -2.28. The summed E-state index contributed by atoms with van der Waals surface area (Å²) in [6.07, 6.45) is 10.2. The molecule has 76 valence electrons. The number of hydrogen-bond donors (Lipinski definition) is 1. The van der Waals surface area contributed by atoms with Gasteiger partial charge in [0.1, 0.15) is 6.17 Å². The van der Waals surface area contributed by atoms with Gasteiger partial charge >= 0.3 is 0 Å². The molecule has 0 fully saturated rings. The molecule has 0 spiro atoms. The van der Waals surface area contributed by atoms with Crippen molar-refractivity contribution in [2.75, 3.05) is 0 Å². The molecular formula is C11H10IN3. The average Bonchev–Trinajstić information content (AvgIpc) is 2.30. The first kappa shape index (κ1) is 9.35. The van der Waals surface area contributed by atoms with Crippen LogP contribution in [0.2, 0.25) is 0 Å². The van der Waals surface area contributed by atoms with Gasteiger partial charge in [-0.3, -0.25) is 4.99 Å². The Hall–Kier alpha value is -0.880. The fourth-order valence-corrected chi connectivity index (χ4v) is 3.39. The lowest BCUT2D eigenvalue weighted by molar-refractivity contribution is 0.579. The Morgan fingerprint density at radius 2 is 2.20 bits per heavy atom. The molecule has 0 bridgehead atoms. The van der Waals surface area contributed by atoms with E-state index >= 15 is 0 Å². The summed E-state index contributed by atoms with van der Waals surface area (Å²) in [5.41, 5.74) is 9.28. The van der Waals surface area contributed by atoms with E-state index in [2.05, 4.69) is 30.4 Å². The van der Waals surface area contributed by atoms with Gasteiger partial charge in [-0.2, -0.15) is 0 Å². The SMILES string of the molecule is NC1N=C2C=CI=NC2=C2C=CC=CC21. The highest BCUT2D eigenvalue weighted by Gasteiger charge is 2.28. The smallest absolute Gasteiger partial charge is 0.108 e. The minimum absolute atomic E-state index is 0.156. The van der Waals surface area contributed by atoms with Crippen LogP contribution < -0.4 is 5.73 Å². The van der Waals surface area contributed by atoms with E-state index in [0.717, 1.165) is 11.4 Å². The van der Waals surface area contributed by atoms with E-state index in [1.54, 1.807) is 0 Å². The van der Waals surface area contributed by atoms with Gasteiger partial charge < -0.3 is 5.73 Å². The van der Waals surface area contributed by atoms with Crippen LogP contribution in [0.25, 0.3) is 0 Å². The van der Waals surface area contributed by atoms with Crippen LogP contribution in [0, 0.1) is 5.92 Å².